The fourth-order valence-corrected chi connectivity index (χ4v) is 1.91. The second-order valence-electron chi connectivity index (χ2n) is 4.08. The van der Waals surface area contributed by atoms with Crippen LogP contribution in [0, 0.1) is 0 Å². The normalized spacial score (nSPS) is 11.1. The van der Waals surface area contributed by atoms with Crippen molar-refractivity contribution in [1.82, 2.24) is 19.9 Å². The summed E-state index contributed by atoms with van der Waals surface area (Å²) >= 11 is 5.83. The number of methoxy groups -OCH3 is 1. The maximum absolute atomic E-state index is 5.83. The van der Waals surface area contributed by atoms with Gasteiger partial charge in [-0.3, -0.25) is 5.43 Å². The Morgan fingerprint density at radius 3 is 2.86 bits per heavy atom. The monoisotopic (exact) mass is 302 g/mol. The molecular weight excluding hydrogens is 292 g/mol. The number of H-pyrrole nitrogens is 1. The molecule has 0 aliphatic carbocycles. The average molecular weight is 303 g/mol. The van der Waals surface area contributed by atoms with E-state index >= 15 is 0 Å². The van der Waals surface area contributed by atoms with Crippen molar-refractivity contribution in [2.45, 2.75) is 0 Å². The zero-order valence-electron chi connectivity index (χ0n) is 11.0. The molecule has 1 aromatic carbocycles. The van der Waals surface area contributed by atoms with E-state index in [1.807, 2.05) is 24.3 Å². The Hall–Kier alpha value is -2.67. The van der Waals surface area contributed by atoms with Crippen molar-refractivity contribution in [2.24, 2.45) is 5.10 Å². The minimum Gasteiger partial charge on any atom is -0.497 e. The number of rotatable bonds is 4. The number of aromatic amines is 1. The summed E-state index contributed by atoms with van der Waals surface area (Å²) in [7, 11) is 1.62. The number of fused-ring (bicyclic) bond motifs is 1. The van der Waals surface area contributed by atoms with Crippen molar-refractivity contribution >= 4 is 34.8 Å². The Morgan fingerprint density at radius 1 is 1.29 bits per heavy atom. The van der Waals surface area contributed by atoms with Crippen molar-refractivity contribution in [2.75, 3.05) is 12.5 Å². The highest BCUT2D eigenvalue weighted by atomic mass is 35.5. The van der Waals surface area contributed by atoms with Gasteiger partial charge in [-0.1, -0.05) is 0 Å². The molecule has 2 N–H and O–H groups in total. The van der Waals surface area contributed by atoms with Crippen LogP contribution in [0.5, 0.6) is 5.75 Å². The number of aromatic nitrogens is 4. The molecule has 3 aromatic rings. The maximum atomic E-state index is 5.83. The highest BCUT2D eigenvalue weighted by Gasteiger charge is 2.07. The number of imidazole rings is 1. The number of ether oxygens (including phenoxy) is 1. The van der Waals surface area contributed by atoms with Crippen LogP contribution in [0.2, 0.25) is 5.28 Å². The summed E-state index contributed by atoms with van der Waals surface area (Å²) in [6.45, 7) is 0. The predicted molar refractivity (Wildman–Crippen MR) is 80.9 cm³/mol. The Kier molecular flexibility index (Phi) is 3.65. The lowest BCUT2D eigenvalue weighted by Crippen LogP contribution is -1.97. The average Bonchev–Trinajstić information content (AvgIpc) is 2.96. The van der Waals surface area contributed by atoms with E-state index in [0.717, 1.165) is 11.3 Å². The fraction of sp³-hybridized carbons (Fsp3) is 0.0769. The summed E-state index contributed by atoms with van der Waals surface area (Å²) in [5, 5.41) is 4.24. The third-order valence-electron chi connectivity index (χ3n) is 2.75. The van der Waals surface area contributed by atoms with E-state index in [2.05, 4.69) is 30.5 Å². The van der Waals surface area contributed by atoms with Gasteiger partial charge in [-0.05, 0) is 41.4 Å². The molecule has 0 unspecified atom stereocenters. The van der Waals surface area contributed by atoms with Crippen LogP contribution >= 0.6 is 11.6 Å². The largest absolute Gasteiger partial charge is 0.497 e. The van der Waals surface area contributed by atoms with E-state index in [0.29, 0.717) is 17.0 Å². The van der Waals surface area contributed by atoms with Gasteiger partial charge >= 0.3 is 0 Å². The van der Waals surface area contributed by atoms with Crippen LogP contribution < -0.4 is 10.2 Å². The maximum Gasteiger partial charge on any atom is 0.226 e. The Balaban J connectivity index is 1.79. The highest BCUT2D eigenvalue weighted by Crippen LogP contribution is 2.18. The van der Waals surface area contributed by atoms with Gasteiger partial charge in [0.2, 0.25) is 5.28 Å². The minimum absolute atomic E-state index is 0.119. The number of hydrogen-bond donors (Lipinski definition) is 2. The molecule has 0 bridgehead atoms. The predicted octanol–water partition coefficient (Wildman–Crippen LogP) is 2.46. The van der Waals surface area contributed by atoms with Crippen molar-refractivity contribution < 1.29 is 4.74 Å². The van der Waals surface area contributed by atoms with E-state index in [4.69, 9.17) is 16.3 Å². The second-order valence-corrected chi connectivity index (χ2v) is 4.42. The summed E-state index contributed by atoms with van der Waals surface area (Å²) in [6.07, 6.45) is 3.18. The summed E-state index contributed by atoms with van der Waals surface area (Å²) in [6, 6.07) is 7.49. The second kappa shape index (κ2) is 5.76. The van der Waals surface area contributed by atoms with E-state index in [1.165, 1.54) is 6.33 Å². The molecule has 0 saturated carbocycles. The molecule has 0 radical (unpaired) electrons. The zero-order valence-corrected chi connectivity index (χ0v) is 11.8. The summed E-state index contributed by atoms with van der Waals surface area (Å²) in [4.78, 5) is 15.1. The number of halogens is 1. The van der Waals surface area contributed by atoms with Gasteiger partial charge in [-0.2, -0.15) is 15.1 Å². The Labute approximate surface area is 125 Å². The van der Waals surface area contributed by atoms with Crippen LogP contribution in [-0.4, -0.2) is 33.3 Å². The van der Waals surface area contributed by atoms with Crippen LogP contribution in [0.4, 0.5) is 5.82 Å². The summed E-state index contributed by atoms with van der Waals surface area (Å²) in [5.74, 6) is 1.23. The first-order valence-corrected chi connectivity index (χ1v) is 6.44. The standard InChI is InChI=1S/C13H11ClN6O/c1-21-9-4-2-8(3-5-9)6-17-20-12-10-11(16-7-15-10)18-13(14)19-12/h2-7H,1H3,(H2,15,16,18,19,20). The van der Waals surface area contributed by atoms with E-state index in [1.54, 1.807) is 13.3 Å². The zero-order chi connectivity index (χ0) is 14.7. The number of anilines is 1. The molecule has 0 amide bonds. The molecular formula is C13H11ClN6O. The van der Waals surface area contributed by atoms with Crippen molar-refractivity contribution in [3.05, 3.63) is 41.4 Å². The first kappa shape index (κ1) is 13.3. The lowest BCUT2D eigenvalue weighted by molar-refractivity contribution is 0.415. The van der Waals surface area contributed by atoms with Crippen LogP contribution in [-0.2, 0) is 0 Å². The molecule has 0 saturated heterocycles. The quantitative estimate of drug-likeness (QED) is 0.439. The van der Waals surface area contributed by atoms with Crippen LogP contribution in [0.25, 0.3) is 11.2 Å². The molecule has 3 rings (SSSR count). The molecule has 2 aromatic heterocycles. The first-order valence-electron chi connectivity index (χ1n) is 6.06. The van der Waals surface area contributed by atoms with Crippen LogP contribution in [0.15, 0.2) is 35.7 Å². The Bertz CT molecular complexity index is 783. The van der Waals surface area contributed by atoms with E-state index in [9.17, 15) is 0 Å². The fourth-order valence-electron chi connectivity index (χ4n) is 1.74. The molecule has 8 heteroatoms. The third-order valence-corrected chi connectivity index (χ3v) is 2.92. The van der Waals surface area contributed by atoms with Crippen molar-refractivity contribution in [1.29, 1.82) is 0 Å². The first-order chi connectivity index (χ1) is 10.3. The number of benzene rings is 1. The van der Waals surface area contributed by atoms with Gasteiger partial charge in [0.05, 0.1) is 19.7 Å². The Morgan fingerprint density at radius 2 is 2.10 bits per heavy atom. The van der Waals surface area contributed by atoms with Crippen LogP contribution in [0.3, 0.4) is 0 Å². The summed E-state index contributed by atoms with van der Waals surface area (Å²) in [5.41, 5.74) is 4.86. The number of hydrogen-bond acceptors (Lipinski definition) is 6. The smallest absolute Gasteiger partial charge is 0.226 e. The molecule has 0 atom stereocenters. The van der Waals surface area contributed by atoms with Gasteiger partial charge in [-0.15, -0.1) is 0 Å². The van der Waals surface area contributed by atoms with Crippen molar-refractivity contribution in [3.63, 3.8) is 0 Å². The number of nitrogens with one attached hydrogen (secondary N) is 2. The lowest BCUT2D eigenvalue weighted by Gasteiger charge is -2.01. The SMILES string of the molecule is COc1ccc(C=NNc2nc(Cl)nc3[nH]cnc23)cc1. The summed E-state index contributed by atoms with van der Waals surface area (Å²) < 4.78 is 5.09. The molecule has 0 spiro atoms. The van der Waals surface area contributed by atoms with Crippen molar-refractivity contribution in [3.8, 4) is 5.75 Å². The third kappa shape index (κ3) is 2.92. The number of nitrogens with zero attached hydrogens (tertiary/aromatic N) is 4. The molecule has 106 valence electrons. The van der Waals surface area contributed by atoms with Gasteiger partial charge in [0.1, 0.15) is 5.75 Å². The van der Waals surface area contributed by atoms with Crippen LogP contribution in [0.1, 0.15) is 5.56 Å². The molecule has 0 aliphatic rings. The minimum atomic E-state index is 0.119. The molecule has 0 aliphatic heterocycles. The van der Waals surface area contributed by atoms with Gasteiger partial charge in [0, 0.05) is 0 Å². The molecule has 0 fully saturated rings. The molecule has 2 heterocycles. The van der Waals surface area contributed by atoms with Gasteiger partial charge < -0.3 is 9.72 Å². The highest BCUT2D eigenvalue weighted by molar-refractivity contribution is 6.28. The van der Waals surface area contributed by atoms with Gasteiger partial charge in [-0.25, -0.2) is 4.98 Å². The van der Waals surface area contributed by atoms with Gasteiger partial charge in [0.15, 0.2) is 17.0 Å². The molecule has 7 nitrogen and oxygen atoms in total. The topological polar surface area (TPSA) is 88.1 Å². The lowest BCUT2D eigenvalue weighted by atomic mass is 10.2. The number of hydrazone groups is 1. The van der Waals surface area contributed by atoms with E-state index < -0.39 is 0 Å². The molecule has 21 heavy (non-hydrogen) atoms. The van der Waals surface area contributed by atoms with E-state index in [-0.39, 0.29) is 5.28 Å². The van der Waals surface area contributed by atoms with Gasteiger partial charge in [0.25, 0.3) is 0 Å².